The molecule has 5 heteroatoms. The fraction of sp³-hybridized carbons (Fsp3) is 1.00. The zero-order valence-electron chi connectivity index (χ0n) is 6.79. The van der Waals surface area contributed by atoms with Gasteiger partial charge < -0.3 is 5.11 Å². The summed E-state index contributed by atoms with van der Waals surface area (Å²) in [6, 6.07) is 0. The molecule has 0 aromatic rings. The maximum atomic E-state index is 11.0. The fourth-order valence-electron chi connectivity index (χ4n) is 1.31. The summed E-state index contributed by atoms with van der Waals surface area (Å²) in [4.78, 5) is 0. The third kappa shape index (κ3) is 2.12. The number of aliphatic hydroxyl groups is 1. The summed E-state index contributed by atoms with van der Waals surface area (Å²) in [7, 11) is 1.89. The third-order valence-electron chi connectivity index (χ3n) is 2.37. The van der Waals surface area contributed by atoms with Crippen LogP contribution in [0.25, 0.3) is 0 Å². The van der Waals surface area contributed by atoms with Crippen molar-refractivity contribution in [3.63, 3.8) is 0 Å². The molecule has 1 aliphatic carbocycles. The van der Waals surface area contributed by atoms with Crippen LogP contribution in [0.5, 0.6) is 0 Å². The van der Waals surface area contributed by atoms with Crippen molar-refractivity contribution < 1.29 is 13.5 Å². The average molecular weight is 213 g/mol. The molecule has 72 valence electrons. The van der Waals surface area contributed by atoms with E-state index in [2.05, 4.69) is 0 Å². The Morgan fingerprint density at radius 3 is 2.25 bits per heavy atom. The van der Waals surface area contributed by atoms with Crippen LogP contribution >= 0.6 is 10.7 Å². The van der Waals surface area contributed by atoms with E-state index < -0.39 is 13.8 Å². The molecule has 1 saturated carbocycles. The van der Waals surface area contributed by atoms with E-state index in [4.69, 9.17) is 15.8 Å². The van der Waals surface area contributed by atoms with Crippen LogP contribution in [-0.4, -0.2) is 24.9 Å². The number of aliphatic hydroxyl groups excluding tert-OH is 1. The molecule has 1 rings (SSSR count). The first-order chi connectivity index (χ1) is 5.52. The monoisotopic (exact) mass is 212 g/mol. The van der Waals surface area contributed by atoms with Crippen molar-refractivity contribution in [2.24, 2.45) is 0 Å². The smallest absolute Gasteiger partial charge is 0.238 e. The lowest BCUT2D eigenvalue weighted by atomic mass is 10.2. The molecular weight excluding hydrogens is 200 g/mol. The lowest BCUT2D eigenvalue weighted by Gasteiger charge is -2.09. The second kappa shape index (κ2) is 3.52. The van der Waals surface area contributed by atoms with Gasteiger partial charge in [-0.3, -0.25) is 0 Å². The molecule has 1 N–H and O–H groups in total. The Labute approximate surface area is 77.1 Å². The molecule has 0 radical (unpaired) electrons. The predicted octanol–water partition coefficient (Wildman–Crippen LogP) is 1.25. The quantitative estimate of drug-likeness (QED) is 0.551. The number of rotatable bonds is 5. The molecule has 0 spiro atoms. The van der Waals surface area contributed by atoms with Crippen molar-refractivity contribution in [2.75, 3.05) is 6.61 Å². The summed E-state index contributed by atoms with van der Waals surface area (Å²) in [5.41, 5.74) is 0. The van der Waals surface area contributed by atoms with Crippen LogP contribution in [0.15, 0.2) is 0 Å². The summed E-state index contributed by atoms with van der Waals surface area (Å²) in [6.07, 6.45) is 3.37. The van der Waals surface area contributed by atoms with Gasteiger partial charge in [0.15, 0.2) is 0 Å². The topological polar surface area (TPSA) is 54.4 Å². The van der Waals surface area contributed by atoms with Crippen molar-refractivity contribution in [1.29, 1.82) is 0 Å². The van der Waals surface area contributed by atoms with Crippen LogP contribution < -0.4 is 0 Å². The van der Waals surface area contributed by atoms with E-state index in [1.54, 1.807) is 0 Å². The van der Waals surface area contributed by atoms with E-state index in [9.17, 15) is 8.42 Å². The van der Waals surface area contributed by atoms with E-state index >= 15 is 0 Å². The Hall–Kier alpha value is 0.200. The Morgan fingerprint density at radius 2 is 1.92 bits per heavy atom. The van der Waals surface area contributed by atoms with Gasteiger partial charge in [0.25, 0.3) is 0 Å². The number of unbranched alkanes of at least 4 members (excludes halogenated alkanes) is 1. The van der Waals surface area contributed by atoms with Gasteiger partial charge in [0.1, 0.15) is 0 Å². The van der Waals surface area contributed by atoms with Crippen LogP contribution in [0.1, 0.15) is 32.1 Å². The molecule has 1 fully saturated rings. The van der Waals surface area contributed by atoms with E-state index in [1.165, 1.54) is 0 Å². The standard InChI is InChI=1S/C7H13ClO3S/c8-12(10,11)7(4-5-7)3-1-2-6-9/h9H,1-6H2. The van der Waals surface area contributed by atoms with E-state index in [1.807, 2.05) is 0 Å². The number of halogens is 1. The highest BCUT2D eigenvalue weighted by Crippen LogP contribution is 2.49. The molecule has 0 amide bonds. The van der Waals surface area contributed by atoms with Gasteiger partial charge in [0.05, 0.1) is 4.75 Å². The largest absolute Gasteiger partial charge is 0.396 e. The van der Waals surface area contributed by atoms with Crippen molar-refractivity contribution in [2.45, 2.75) is 36.9 Å². The second-order valence-corrected chi connectivity index (χ2v) is 6.26. The molecule has 0 saturated heterocycles. The van der Waals surface area contributed by atoms with Crippen molar-refractivity contribution >= 4 is 19.7 Å². The summed E-state index contributed by atoms with van der Waals surface area (Å²) >= 11 is 0. The van der Waals surface area contributed by atoms with E-state index in [0.717, 1.165) is 6.42 Å². The molecule has 0 unspecified atom stereocenters. The van der Waals surface area contributed by atoms with Gasteiger partial charge in [-0.15, -0.1) is 0 Å². The van der Waals surface area contributed by atoms with Crippen molar-refractivity contribution in [3.05, 3.63) is 0 Å². The molecule has 0 heterocycles. The molecule has 12 heavy (non-hydrogen) atoms. The zero-order chi connectivity index (χ0) is 9.24. The predicted molar refractivity (Wildman–Crippen MR) is 47.7 cm³/mol. The number of hydrogen-bond donors (Lipinski definition) is 1. The molecule has 3 nitrogen and oxygen atoms in total. The molecule has 1 aliphatic rings. The minimum Gasteiger partial charge on any atom is -0.396 e. The maximum Gasteiger partial charge on any atom is 0.238 e. The third-order valence-corrected chi connectivity index (χ3v) is 4.99. The summed E-state index contributed by atoms with van der Waals surface area (Å²) in [6.45, 7) is 0.123. The fourth-order valence-corrected chi connectivity index (χ4v) is 2.99. The van der Waals surface area contributed by atoms with Crippen LogP contribution in [0.3, 0.4) is 0 Å². The molecule has 0 aromatic carbocycles. The van der Waals surface area contributed by atoms with Gasteiger partial charge in [-0.05, 0) is 32.1 Å². The first kappa shape index (κ1) is 10.3. The van der Waals surface area contributed by atoms with Crippen molar-refractivity contribution in [3.8, 4) is 0 Å². The zero-order valence-corrected chi connectivity index (χ0v) is 8.36. The Morgan fingerprint density at radius 1 is 1.33 bits per heavy atom. The van der Waals surface area contributed by atoms with Gasteiger partial charge in [0, 0.05) is 17.3 Å². The van der Waals surface area contributed by atoms with E-state index in [0.29, 0.717) is 25.7 Å². The van der Waals surface area contributed by atoms with Crippen LogP contribution in [0.2, 0.25) is 0 Å². The molecular formula is C7H13ClO3S. The summed E-state index contributed by atoms with van der Waals surface area (Å²) < 4.78 is 21.4. The lowest BCUT2D eigenvalue weighted by molar-refractivity contribution is 0.282. The molecule has 0 atom stereocenters. The first-order valence-corrected chi connectivity index (χ1v) is 6.38. The highest BCUT2D eigenvalue weighted by molar-refractivity contribution is 8.15. The van der Waals surface area contributed by atoms with Gasteiger partial charge in [-0.2, -0.15) is 0 Å². The first-order valence-electron chi connectivity index (χ1n) is 4.07. The maximum absolute atomic E-state index is 11.0. The molecule has 0 aliphatic heterocycles. The van der Waals surface area contributed by atoms with Crippen LogP contribution in [0.4, 0.5) is 0 Å². The van der Waals surface area contributed by atoms with Crippen LogP contribution in [-0.2, 0) is 9.05 Å². The summed E-state index contributed by atoms with van der Waals surface area (Å²) in [5, 5.41) is 8.50. The highest BCUT2D eigenvalue weighted by Gasteiger charge is 2.52. The van der Waals surface area contributed by atoms with Crippen molar-refractivity contribution in [1.82, 2.24) is 0 Å². The van der Waals surface area contributed by atoms with Gasteiger partial charge in [0.2, 0.25) is 9.05 Å². The summed E-state index contributed by atoms with van der Waals surface area (Å²) in [5.74, 6) is 0. The minimum atomic E-state index is -3.38. The second-order valence-electron chi connectivity index (χ2n) is 3.30. The normalized spacial score (nSPS) is 20.8. The lowest BCUT2D eigenvalue weighted by Crippen LogP contribution is -2.17. The molecule has 0 bridgehead atoms. The Bertz CT molecular complexity index is 243. The van der Waals surface area contributed by atoms with Gasteiger partial charge >= 0.3 is 0 Å². The Kier molecular flexibility index (Phi) is 3.01. The minimum absolute atomic E-state index is 0.123. The number of hydrogen-bond acceptors (Lipinski definition) is 3. The van der Waals surface area contributed by atoms with E-state index in [-0.39, 0.29) is 6.61 Å². The molecule has 0 aromatic heterocycles. The van der Waals surface area contributed by atoms with Gasteiger partial charge in [-0.1, -0.05) is 0 Å². The Balaban J connectivity index is 2.41. The average Bonchev–Trinajstić information content (AvgIpc) is 2.67. The van der Waals surface area contributed by atoms with Crippen LogP contribution in [0, 0.1) is 0 Å². The SMILES string of the molecule is O=S(=O)(Cl)C1(CCCCO)CC1. The van der Waals surface area contributed by atoms with Gasteiger partial charge in [-0.25, -0.2) is 8.42 Å². The highest BCUT2D eigenvalue weighted by atomic mass is 35.7.